The highest BCUT2D eigenvalue weighted by Crippen LogP contribution is 2.52. The molecule has 2 saturated carbocycles. The van der Waals surface area contributed by atoms with E-state index >= 15 is 0 Å². The van der Waals surface area contributed by atoms with Crippen molar-refractivity contribution < 1.29 is 14.4 Å². The molecule has 0 radical (unpaired) electrons. The number of likely N-dealkylation sites (tertiary alicyclic amines) is 1. The Labute approximate surface area is 124 Å². The van der Waals surface area contributed by atoms with E-state index in [1.807, 2.05) is 0 Å². The third kappa shape index (κ3) is 1.93. The number of fused-ring (bicyclic) bond motifs is 5. The Morgan fingerprint density at radius 1 is 1.19 bits per heavy atom. The van der Waals surface area contributed by atoms with Gasteiger partial charge in [-0.3, -0.25) is 19.3 Å². The molecule has 0 unspecified atom stereocenters. The van der Waals surface area contributed by atoms with Crippen LogP contribution in [-0.2, 0) is 14.4 Å². The van der Waals surface area contributed by atoms with E-state index < -0.39 is 0 Å². The first-order valence-corrected chi connectivity index (χ1v) is 7.84. The molecule has 4 aliphatic rings. The molecule has 3 aliphatic carbocycles. The number of likely N-dealkylation sites (N-methyl/N-ethyl adjacent to an activating group) is 1. The molecular weight excluding hydrogens is 268 g/mol. The van der Waals surface area contributed by atoms with Crippen LogP contribution in [0, 0.1) is 29.6 Å². The van der Waals surface area contributed by atoms with Gasteiger partial charge in [0.1, 0.15) is 6.54 Å². The second kappa shape index (κ2) is 4.42. The van der Waals surface area contributed by atoms with Crippen LogP contribution in [0.1, 0.15) is 19.3 Å². The zero-order valence-corrected chi connectivity index (χ0v) is 12.2. The van der Waals surface area contributed by atoms with Gasteiger partial charge in [-0.2, -0.15) is 0 Å². The lowest BCUT2D eigenvalue weighted by Gasteiger charge is -2.21. The largest absolute Gasteiger partial charge is 0.344 e. The molecule has 112 valence electrons. The van der Waals surface area contributed by atoms with E-state index in [9.17, 15) is 14.4 Å². The average Bonchev–Trinajstić information content (AvgIpc) is 2.95. The number of carbonyl (C=O) groups is 3. The lowest BCUT2D eigenvalue weighted by atomic mass is 9.85. The molecule has 3 fully saturated rings. The normalized spacial score (nSPS) is 36.5. The summed E-state index contributed by atoms with van der Waals surface area (Å²) < 4.78 is 0. The first kappa shape index (κ1) is 13.0. The van der Waals surface area contributed by atoms with E-state index in [-0.39, 0.29) is 47.9 Å². The summed E-state index contributed by atoms with van der Waals surface area (Å²) in [6.45, 7) is 0.669. The third-order valence-electron chi connectivity index (χ3n) is 5.51. The maximum absolute atomic E-state index is 12.5. The summed E-state index contributed by atoms with van der Waals surface area (Å²) in [6, 6.07) is 0. The van der Waals surface area contributed by atoms with Crippen LogP contribution in [-0.4, -0.2) is 47.7 Å². The Morgan fingerprint density at radius 3 is 2.29 bits per heavy atom. The minimum Gasteiger partial charge on any atom is -0.344 e. The fraction of sp³-hybridized carbons (Fsp3) is 0.688. The summed E-state index contributed by atoms with van der Waals surface area (Å²) in [5.41, 5.74) is 0. The van der Waals surface area contributed by atoms with Gasteiger partial charge in [-0.1, -0.05) is 12.2 Å². The van der Waals surface area contributed by atoms with Gasteiger partial charge < -0.3 is 4.90 Å². The van der Waals surface area contributed by atoms with Gasteiger partial charge in [-0.15, -0.1) is 0 Å². The molecule has 4 rings (SSSR count). The molecule has 0 aromatic carbocycles. The molecule has 2 bridgehead atoms. The van der Waals surface area contributed by atoms with Gasteiger partial charge in [0.05, 0.1) is 11.8 Å². The molecule has 4 atom stereocenters. The number of nitrogens with zero attached hydrogens (tertiary/aromatic N) is 2. The third-order valence-corrected chi connectivity index (χ3v) is 5.51. The topological polar surface area (TPSA) is 57.7 Å². The summed E-state index contributed by atoms with van der Waals surface area (Å²) in [4.78, 5) is 40.1. The molecule has 21 heavy (non-hydrogen) atoms. The maximum atomic E-state index is 12.5. The predicted octanol–water partition coefficient (Wildman–Crippen LogP) is 0.662. The van der Waals surface area contributed by atoms with Gasteiger partial charge in [-0.25, -0.2) is 0 Å². The van der Waals surface area contributed by atoms with Crippen LogP contribution < -0.4 is 0 Å². The fourth-order valence-electron chi connectivity index (χ4n) is 4.17. The Hall–Kier alpha value is -1.65. The number of amides is 3. The molecule has 1 saturated heterocycles. The molecule has 1 heterocycles. The molecule has 5 nitrogen and oxygen atoms in total. The van der Waals surface area contributed by atoms with Crippen molar-refractivity contribution in [2.24, 2.45) is 29.6 Å². The first-order chi connectivity index (χ1) is 10.1. The molecule has 0 spiro atoms. The monoisotopic (exact) mass is 288 g/mol. The van der Waals surface area contributed by atoms with Crippen LogP contribution in [0.2, 0.25) is 0 Å². The van der Waals surface area contributed by atoms with E-state index in [4.69, 9.17) is 0 Å². The summed E-state index contributed by atoms with van der Waals surface area (Å²) in [7, 11) is 1.76. The molecule has 0 aromatic rings. The summed E-state index contributed by atoms with van der Waals surface area (Å²) in [6.07, 6.45) is 7.43. The smallest absolute Gasteiger partial charge is 0.242 e. The van der Waals surface area contributed by atoms with E-state index in [1.54, 1.807) is 11.9 Å². The van der Waals surface area contributed by atoms with E-state index in [0.29, 0.717) is 5.92 Å². The zero-order chi connectivity index (χ0) is 14.7. The van der Waals surface area contributed by atoms with E-state index in [0.717, 1.165) is 13.0 Å². The van der Waals surface area contributed by atoms with E-state index in [1.165, 1.54) is 17.7 Å². The van der Waals surface area contributed by atoms with Gasteiger partial charge in [-0.05, 0) is 37.0 Å². The molecular formula is C16H20N2O3. The number of allylic oxidation sites excluding steroid dienone is 2. The zero-order valence-electron chi connectivity index (χ0n) is 12.2. The van der Waals surface area contributed by atoms with Crippen molar-refractivity contribution >= 4 is 17.7 Å². The van der Waals surface area contributed by atoms with Gasteiger partial charge >= 0.3 is 0 Å². The average molecular weight is 288 g/mol. The van der Waals surface area contributed by atoms with Gasteiger partial charge in [0, 0.05) is 13.6 Å². The molecule has 3 amide bonds. The maximum Gasteiger partial charge on any atom is 0.242 e. The second-order valence-corrected chi connectivity index (χ2v) is 6.98. The minimum atomic E-state index is -0.200. The number of hydrogen-bond donors (Lipinski definition) is 0. The Balaban J connectivity index is 1.45. The number of rotatable bonds is 4. The minimum absolute atomic E-state index is 0.0761. The van der Waals surface area contributed by atoms with Gasteiger partial charge in [0.2, 0.25) is 17.7 Å². The Bertz CT molecular complexity index is 522. The van der Waals surface area contributed by atoms with Crippen LogP contribution in [0.4, 0.5) is 0 Å². The quantitative estimate of drug-likeness (QED) is 0.564. The highest BCUT2D eigenvalue weighted by Gasteiger charge is 2.59. The Morgan fingerprint density at radius 2 is 1.76 bits per heavy atom. The second-order valence-electron chi connectivity index (χ2n) is 6.98. The van der Waals surface area contributed by atoms with E-state index in [2.05, 4.69) is 12.2 Å². The van der Waals surface area contributed by atoms with Crippen molar-refractivity contribution in [2.45, 2.75) is 19.3 Å². The Kier molecular flexibility index (Phi) is 2.75. The summed E-state index contributed by atoms with van der Waals surface area (Å²) in [5.74, 6) is 0.252. The van der Waals surface area contributed by atoms with Gasteiger partial charge in [0.25, 0.3) is 0 Å². The van der Waals surface area contributed by atoms with Crippen molar-refractivity contribution in [2.75, 3.05) is 20.1 Å². The van der Waals surface area contributed by atoms with Crippen LogP contribution in [0.25, 0.3) is 0 Å². The number of carbonyl (C=O) groups excluding carboxylic acids is 3. The fourth-order valence-corrected chi connectivity index (χ4v) is 4.17. The first-order valence-electron chi connectivity index (χ1n) is 7.84. The van der Waals surface area contributed by atoms with Crippen molar-refractivity contribution in [3.05, 3.63) is 12.2 Å². The number of hydrogen-bond acceptors (Lipinski definition) is 3. The van der Waals surface area contributed by atoms with Crippen molar-refractivity contribution in [3.8, 4) is 0 Å². The molecule has 5 heteroatoms. The van der Waals surface area contributed by atoms with Crippen LogP contribution in [0.15, 0.2) is 12.2 Å². The van der Waals surface area contributed by atoms with Crippen LogP contribution in [0.5, 0.6) is 0 Å². The molecule has 0 N–H and O–H groups in total. The molecule has 1 aliphatic heterocycles. The number of imide groups is 1. The predicted molar refractivity (Wildman–Crippen MR) is 74.8 cm³/mol. The van der Waals surface area contributed by atoms with Crippen molar-refractivity contribution in [1.29, 1.82) is 0 Å². The van der Waals surface area contributed by atoms with Crippen molar-refractivity contribution in [1.82, 2.24) is 9.80 Å². The highest BCUT2D eigenvalue weighted by atomic mass is 16.2. The summed E-state index contributed by atoms with van der Waals surface area (Å²) in [5, 5.41) is 0. The van der Waals surface area contributed by atoms with Crippen molar-refractivity contribution in [3.63, 3.8) is 0 Å². The summed E-state index contributed by atoms with van der Waals surface area (Å²) >= 11 is 0. The lowest BCUT2D eigenvalue weighted by Crippen LogP contribution is -2.43. The standard InChI is InChI=1S/C16H20N2O3/c1-17(7-9-2-3-9)12(19)8-18-15(20)13-10-4-5-11(6-10)14(13)16(18)21/h4-5,9-11,13-14H,2-3,6-8H2,1H3/t10-,11-,13-,14+/m0/s1. The van der Waals surface area contributed by atoms with Crippen LogP contribution in [0.3, 0.4) is 0 Å². The molecule has 0 aromatic heterocycles. The van der Waals surface area contributed by atoms with Crippen LogP contribution >= 0.6 is 0 Å². The SMILES string of the molecule is CN(CC1CC1)C(=O)CN1C(=O)[C@@H]2[C@H](C1=O)[C@H]1C=C[C@H]2C1. The highest BCUT2D eigenvalue weighted by molar-refractivity contribution is 6.08. The lowest BCUT2D eigenvalue weighted by molar-refractivity contribution is -0.146. The van der Waals surface area contributed by atoms with Gasteiger partial charge in [0.15, 0.2) is 0 Å².